The van der Waals surface area contributed by atoms with Gasteiger partial charge in [-0.05, 0) is 0 Å². The standard InChI is InChI=1S/C7H5ClF3NO5S/c1-16-5-4(13)3(17-7(9,10)11)2-12-6(5)18(8,14)15/h2H,1H3,(H,12,13). The molecule has 6 nitrogen and oxygen atoms in total. The van der Waals surface area contributed by atoms with Crippen molar-refractivity contribution in [1.29, 1.82) is 0 Å². The first kappa shape index (κ1) is 14.6. The molecule has 11 heteroatoms. The van der Waals surface area contributed by atoms with E-state index >= 15 is 0 Å². The van der Waals surface area contributed by atoms with Crippen LogP contribution < -0.4 is 14.9 Å². The minimum Gasteiger partial charge on any atom is -0.490 e. The number of rotatable bonds is 3. The van der Waals surface area contributed by atoms with Crippen LogP contribution in [-0.2, 0) is 9.05 Å². The maximum absolute atomic E-state index is 11.9. The predicted molar refractivity (Wildman–Crippen MR) is 53.3 cm³/mol. The van der Waals surface area contributed by atoms with Crippen molar-refractivity contribution >= 4 is 19.7 Å². The summed E-state index contributed by atoms with van der Waals surface area (Å²) in [6, 6.07) is 0. The van der Waals surface area contributed by atoms with Gasteiger partial charge in [-0.3, -0.25) is 4.79 Å². The molecular weight excluding hydrogens is 303 g/mol. The van der Waals surface area contributed by atoms with E-state index in [1.807, 2.05) is 4.98 Å². The first-order valence-corrected chi connectivity index (χ1v) is 6.37. The molecule has 1 aromatic rings. The van der Waals surface area contributed by atoms with Crippen LogP contribution in [0.2, 0.25) is 0 Å². The maximum Gasteiger partial charge on any atom is 0.573 e. The van der Waals surface area contributed by atoms with Crippen LogP contribution in [0.15, 0.2) is 16.0 Å². The molecule has 0 saturated carbocycles. The number of aromatic nitrogens is 1. The zero-order valence-electron chi connectivity index (χ0n) is 8.54. The molecular formula is C7H5ClF3NO5S. The van der Waals surface area contributed by atoms with Crippen molar-refractivity contribution in [3.63, 3.8) is 0 Å². The van der Waals surface area contributed by atoms with Crippen molar-refractivity contribution in [1.82, 2.24) is 4.98 Å². The van der Waals surface area contributed by atoms with Gasteiger partial charge in [-0.1, -0.05) is 0 Å². The molecule has 0 amide bonds. The molecule has 0 bridgehead atoms. The fourth-order valence-electron chi connectivity index (χ4n) is 1.04. The number of halogens is 4. The van der Waals surface area contributed by atoms with Crippen molar-refractivity contribution in [2.75, 3.05) is 7.11 Å². The number of alkyl halides is 3. The number of hydrogen-bond donors (Lipinski definition) is 1. The van der Waals surface area contributed by atoms with Gasteiger partial charge in [0.1, 0.15) is 0 Å². The molecule has 0 unspecified atom stereocenters. The summed E-state index contributed by atoms with van der Waals surface area (Å²) in [7, 11) is 1.48. The molecule has 102 valence electrons. The topological polar surface area (TPSA) is 85.5 Å². The minimum absolute atomic E-state index is 0.424. The van der Waals surface area contributed by atoms with E-state index in [0.717, 1.165) is 7.11 Å². The molecule has 0 aromatic carbocycles. The molecule has 0 atom stereocenters. The quantitative estimate of drug-likeness (QED) is 0.848. The van der Waals surface area contributed by atoms with E-state index in [1.54, 1.807) is 0 Å². The van der Waals surface area contributed by atoms with E-state index in [2.05, 4.69) is 9.47 Å². The Morgan fingerprint density at radius 2 is 1.94 bits per heavy atom. The Bertz CT molecular complexity index is 608. The second-order valence-electron chi connectivity index (χ2n) is 2.83. The van der Waals surface area contributed by atoms with Crippen LogP contribution in [0.5, 0.6) is 11.5 Å². The van der Waals surface area contributed by atoms with Gasteiger partial charge in [0.15, 0.2) is 10.8 Å². The van der Waals surface area contributed by atoms with E-state index in [1.165, 1.54) is 0 Å². The fraction of sp³-hybridized carbons (Fsp3) is 0.286. The first-order valence-electron chi connectivity index (χ1n) is 4.06. The largest absolute Gasteiger partial charge is 0.573 e. The highest BCUT2D eigenvalue weighted by Crippen LogP contribution is 2.25. The van der Waals surface area contributed by atoms with Gasteiger partial charge in [0.2, 0.25) is 5.75 Å². The van der Waals surface area contributed by atoms with Crippen LogP contribution in [0.4, 0.5) is 13.2 Å². The number of aromatic amines is 1. The van der Waals surface area contributed by atoms with E-state index in [0.29, 0.717) is 6.20 Å². The Morgan fingerprint density at radius 1 is 1.39 bits per heavy atom. The van der Waals surface area contributed by atoms with E-state index in [-0.39, 0.29) is 0 Å². The molecule has 0 radical (unpaired) electrons. The Balaban J connectivity index is 3.44. The SMILES string of the molecule is COc1c(S(=O)(=O)Cl)[nH]cc(OC(F)(F)F)c1=O. The summed E-state index contributed by atoms with van der Waals surface area (Å²) in [6.07, 6.45) is -4.67. The van der Waals surface area contributed by atoms with Crippen molar-refractivity contribution in [3.8, 4) is 11.5 Å². The Labute approximate surface area is 103 Å². The van der Waals surface area contributed by atoms with Crippen molar-refractivity contribution in [3.05, 3.63) is 16.4 Å². The van der Waals surface area contributed by atoms with E-state index in [4.69, 9.17) is 10.7 Å². The highest BCUT2D eigenvalue weighted by atomic mass is 35.7. The Kier molecular flexibility index (Phi) is 3.81. The van der Waals surface area contributed by atoms with Crippen LogP contribution >= 0.6 is 10.7 Å². The molecule has 1 N–H and O–H groups in total. The smallest absolute Gasteiger partial charge is 0.490 e. The number of hydrogen-bond acceptors (Lipinski definition) is 5. The second-order valence-corrected chi connectivity index (χ2v) is 5.33. The van der Waals surface area contributed by atoms with Crippen molar-refractivity contribution in [2.24, 2.45) is 0 Å². The number of nitrogens with one attached hydrogen (secondary N) is 1. The van der Waals surface area contributed by atoms with Gasteiger partial charge < -0.3 is 14.5 Å². The fourth-order valence-corrected chi connectivity index (χ4v) is 1.99. The lowest BCUT2D eigenvalue weighted by atomic mass is 10.4. The summed E-state index contributed by atoms with van der Waals surface area (Å²) in [5.41, 5.74) is -1.40. The Hall–Kier alpha value is -1.42. The predicted octanol–water partition coefficient (Wildman–Crippen LogP) is 1.21. The number of methoxy groups -OCH3 is 1. The molecule has 0 fully saturated rings. The number of ether oxygens (including phenoxy) is 2. The van der Waals surface area contributed by atoms with E-state index in [9.17, 15) is 26.4 Å². The number of H-pyrrole nitrogens is 1. The third-order valence-electron chi connectivity index (χ3n) is 1.64. The van der Waals surface area contributed by atoms with Crippen LogP contribution in [0.25, 0.3) is 0 Å². The number of pyridine rings is 1. The zero-order chi connectivity index (χ0) is 14.1. The van der Waals surface area contributed by atoms with Crippen LogP contribution in [0.1, 0.15) is 0 Å². The van der Waals surface area contributed by atoms with Crippen LogP contribution in [0, 0.1) is 0 Å². The highest BCUT2D eigenvalue weighted by molar-refractivity contribution is 8.13. The van der Waals surface area contributed by atoms with Crippen molar-refractivity contribution < 1.29 is 31.1 Å². The van der Waals surface area contributed by atoms with Gasteiger partial charge >= 0.3 is 6.36 Å². The third kappa shape index (κ3) is 3.29. The summed E-state index contributed by atoms with van der Waals surface area (Å²) < 4.78 is 65.6. The zero-order valence-corrected chi connectivity index (χ0v) is 10.1. The lowest BCUT2D eigenvalue weighted by molar-refractivity contribution is -0.275. The summed E-state index contributed by atoms with van der Waals surface area (Å²) in [5.74, 6) is -2.06. The molecule has 0 aliphatic rings. The van der Waals surface area contributed by atoms with Gasteiger partial charge in [-0.2, -0.15) is 0 Å². The van der Waals surface area contributed by atoms with Crippen LogP contribution in [-0.4, -0.2) is 26.9 Å². The highest BCUT2D eigenvalue weighted by Gasteiger charge is 2.34. The summed E-state index contributed by atoms with van der Waals surface area (Å²) >= 11 is 0. The molecule has 1 aromatic heterocycles. The molecule has 1 heterocycles. The van der Waals surface area contributed by atoms with Gasteiger partial charge in [-0.25, -0.2) is 8.42 Å². The van der Waals surface area contributed by atoms with Crippen molar-refractivity contribution in [2.45, 2.75) is 11.4 Å². The molecule has 0 spiro atoms. The average molecular weight is 308 g/mol. The minimum atomic E-state index is -5.10. The Morgan fingerprint density at radius 3 is 2.33 bits per heavy atom. The normalized spacial score (nSPS) is 12.3. The average Bonchev–Trinajstić information content (AvgIpc) is 2.17. The summed E-state index contributed by atoms with van der Waals surface area (Å²) in [6.45, 7) is 0. The molecule has 0 saturated heterocycles. The van der Waals surface area contributed by atoms with Gasteiger partial charge in [-0.15, -0.1) is 13.2 Å². The molecule has 1 rings (SSSR count). The van der Waals surface area contributed by atoms with Gasteiger partial charge in [0.25, 0.3) is 14.5 Å². The second kappa shape index (κ2) is 4.69. The van der Waals surface area contributed by atoms with Crippen LogP contribution in [0.3, 0.4) is 0 Å². The van der Waals surface area contributed by atoms with E-state index < -0.39 is 37.4 Å². The molecule has 0 aliphatic carbocycles. The lowest BCUT2D eigenvalue weighted by Gasteiger charge is -2.10. The van der Waals surface area contributed by atoms with Gasteiger partial charge in [0.05, 0.1) is 7.11 Å². The maximum atomic E-state index is 11.9. The van der Waals surface area contributed by atoms with Gasteiger partial charge in [0, 0.05) is 16.9 Å². The summed E-state index contributed by atoms with van der Waals surface area (Å²) in [5, 5.41) is -0.855. The first-order chi connectivity index (χ1) is 8.06. The lowest BCUT2D eigenvalue weighted by Crippen LogP contribution is -2.23. The molecule has 18 heavy (non-hydrogen) atoms. The summed E-state index contributed by atoms with van der Waals surface area (Å²) in [4.78, 5) is 13.3. The molecule has 0 aliphatic heterocycles. The third-order valence-corrected chi connectivity index (χ3v) is 2.90. The monoisotopic (exact) mass is 307 g/mol.